The minimum absolute atomic E-state index is 0.000454. The number of methoxy groups -OCH3 is 1. The molecule has 2 heterocycles. The third-order valence-electron chi connectivity index (χ3n) is 5.00. The molecule has 0 saturated heterocycles. The fourth-order valence-electron chi connectivity index (χ4n) is 3.03. The standard InChI is InChI=1S/C23H25N3O2/c1-16-6-5-13-24-21(16)14-17(2)26(3)23(27)19-9-7-18(8-10-19)20-11-12-22(28-4)25-15-20/h5-13,15,17H,14H2,1-4H3/t17-/m1/s1. The Morgan fingerprint density at radius 2 is 1.79 bits per heavy atom. The van der Waals surface area contributed by atoms with E-state index >= 15 is 0 Å². The highest BCUT2D eigenvalue weighted by Crippen LogP contribution is 2.21. The molecule has 1 atom stereocenters. The van der Waals surface area contributed by atoms with Crippen LogP contribution in [-0.4, -0.2) is 41.0 Å². The van der Waals surface area contributed by atoms with E-state index in [0.29, 0.717) is 11.4 Å². The molecule has 0 N–H and O–H groups in total. The van der Waals surface area contributed by atoms with Crippen LogP contribution < -0.4 is 4.74 Å². The van der Waals surface area contributed by atoms with E-state index in [1.54, 1.807) is 24.4 Å². The molecule has 28 heavy (non-hydrogen) atoms. The van der Waals surface area contributed by atoms with Crippen molar-refractivity contribution in [3.63, 3.8) is 0 Å². The number of aromatic nitrogens is 2. The number of rotatable bonds is 6. The number of pyridine rings is 2. The Kier molecular flexibility index (Phi) is 6.04. The number of carbonyl (C=O) groups is 1. The van der Waals surface area contributed by atoms with E-state index in [-0.39, 0.29) is 11.9 Å². The summed E-state index contributed by atoms with van der Waals surface area (Å²) in [7, 11) is 3.43. The van der Waals surface area contributed by atoms with Gasteiger partial charge in [0.15, 0.2) is 0 Å². The smallest absolute Gasteiger partial charge is 0.253 e. The Hall–Kier alpha value is -3.21. The molecule has 0 aliphatic rings. The molecule has 3 rings (SSSR count). The van der Waals surface area contributed by atoms with Crippen molar-refractivity contribution >= 4 is 5.91 Å². The largest absolute Gasteiger partial charge is 0.481 e. The maximum atomic E-state index is 12.9. The van der Waals surface area contributed by atoms with E-state index in [0.717, 1.165) is 28.8 Å². The molecule has 0 aliphatic carbocycles. The average Bonchev–Trinajstić information content (AvgIpc) is 2.74. The van der Waals surface area contributed by atoms with E-state index < -0.39 is 0 Å². The molecule has 0 radical (unpaired) electrons. The summed E-state index contributed by atoms with van der Waals surface area (Å²) >= 11 is 0. The van der Waals surface area contributed by atoms with Gasteiger partial charge in [0.05, 0.1) is 7.11 Å². The summed E-state index contributed by atoms with van der Waals surface area (Å²) in [6, 6.07) is 15.4. The number of amides is 1. The number of hydrogen-bond acceptors (Lipinski definition) is 4. The summed E-state index contributed by atoms with van der Waals surface area (Å²) in [6.07, 6.45) is 4.28. The summed E-state index contributed by atoms with van der Waals surface area (Å²) in [6.45, 7) is 4.09. The van der Waals surface area contributed by atoms with Crippen LogP contribution in [0.5, 0.6) is 5.88 Å². The van der Waals surface area contributed by atoms with Crippen LogP contribution in [0.4, 0.5) is 0 Å². The van der Waals surface area contributed by atoms with Crippen molar-refractivity contribution in [2.75, 3.05) is 14.2 Å². The molecule has 0 saturated carbocycles. The van der Waals surface area contributed by atoms with E-state index in [4.69, 9.17) is 4.74 Å². The first-order chi connectivity index (χ1) is 13.5. The Labute approximate surface area is 166 Å². The van der Waals surface area contributed by atoms with Gasteiger partial charge in [0.2, 0.25) is 5.88 Å². The zero-order valence-corrected chi connectivity index (χ0v) is 16.7. The van der Waals surface area contributed by atoms with Crippen molar-refractivity contribution in [3.8, 4) is 17.0 Å². The molecule has 0 unspecified atom stereocenters. The second kappa shape index (κ2) is 8.65. The van der Waals surface area contributed by atoms with Crippen molar-refractivity contribution < 1.29 is 9.53 Å². The number of nitrogens with zero attached hydrogens (tertiary/aromatic N) is 3. The highest BCUT2D eigenvalue weighted by atomic mass is 16.5. The molecule has 1 amide bonds. The van der Waals surface area contributed by atoms with Crippen LogP contribution in [-0.2, 0) is 6.42 Å². The van der Waals surface area contributed by atoms with Crippen molar-refractivity contribution in [1.82, 2.24) is 14.9 Å². The zero-order chi connectivity index (χ0) is 20.1. The lowest BCUT2D eigenvalue weighted by Crippen LogP contribution is -2.36. The minimum Gasteiger partial charge on any atom is -0.481 e. The lowest BCUT2D eigenvalue weighted by Gasteiger charge is -2.25. The molecule has 5 nitrogen and oxygen atoms in total. The van der Waals surface area contributed by atoms with Crippen molar-refractivity contribution in [3.05, 3.63) is 77.7 Å². The molecular formula is C23H25N3O2. The monoisotopic (exact) mass is 375 g/mol. The van der Waals surface area contributed by atoms with Crippen LogP contribution >= 0.6 is 0 Å². The van der Waals surface area contributed by atoms with Gasteiger partial charge in [-0.25, -0.2) is 4.98 Å². The predicted molar refractivity (Wildman–Crippen MR) is 110 cm³/mol. The van der Waals surface area contributed by atoms with Crippen LogP contribution in [0.1, 0.15) is 28.5 Å². The molecule has 0 spiro atoms. The first-order valence-corrected chi connectivity index (χ1v) is 9.27. The first-order valence-electron chi connectivity index (χ1n) is 9.27. The number of carbonyl (C=O) groups excluding carboxylic acids is 1. The second-order valence-corrected chi connectivity index (χ2v) is 6.90. The zero-order valence-electron chi connectivity index (χ0n) is 16.7. The summed E-state index contributed by atoms with van der Waals surface area (Å²) in [5, 5.41) is 0. The summed E-state index contributed by atoms with van der Waals surface area (Å²) < 4.78 is 5.09. The van der Waals surface area contributed by atoms with Gasteiger partial charge in [-0.05, 0) is 49.2 Å². The molecular weight excluding hydrogens is 350 g/mol. The van der Waals surface area contributed by atoms with Gasteiger partial charge in [-0.2, -0.15) is 0 Å². The van der Waals surface area contributed by atoms with E-state index in [1.165, 1.54) is 0 Å². The first kappa shape index (κ1) is 19.5. The van der Waals surface area contributed by atoms with Gasteiger partial charge in [0.25, 0.3) is 5.91 Å². The molecule has 0 aliphatic heterocycles. The molecule has 3 aromatic rings. The van der Waals surface area contributed by atoms with Gasteiger partial charge < -0.3 is 9.64 Å². The van der Waals surface area contributed by atoms with Crippen LogP contribution in [0, 0.1) is 6.92 Å². The topological polar surface area (TPSA) is 55.3 Å². The van der Waals surface area contributed by atoms with E-state index in [2.05, 4.69) is 9.97 Å². The summed E-state index contributed by atoms with van der Waals surface area (Å²) in [5.74, 6) is 0.579. The highest BCUT2D eigenvalue weighted by molar-refractivity contribution is 5.94. The lowest BCUT2D eigenvalue weighted by molar-refractivity contribution is 0.0743. The van der Waals surface area contributed by atoms with Crippen LogP contribution in [0.15, 0.2) is 60.9 Å². The van der Waals surface area contributed by atoms with E-state index in [1.807, 2.05) is 69.4 Å². The number of hydrogen-bond donors (Lipinski definition) is 0. The van der Waals surface area contributed by atoms with Crippen molar-refractivity contribution in [2.45, 2.75) is 26.3 Å². The number of aryl methyl sites for hydroxylation is 1. The molecule has 144 valence electrons. The fraction of sp³-hybridized carbons (Fsp3) is 0.261. The molecule has 0 bridgehead atoms. The average molecular weight is 375 g/mol. The van der Waals surface area contributed by atoms with Crippen molar-refractivity contribution in [2.24, 2.45) is 0 Å². The van der Waals surface area contributed by atoms with Crippen LogP contribution in [0.25, 0.3) is 11.1 Å². The van der Waals surface area contributed by atoms with Crippen LogP contribution in [0.3, 0.4) is 0 Å². The highest BCUT2D eigenvalue weighted by Gasteiger charge is 2.19. The number of benzene rings is 1. The Morgan fingerprint density at radius 3 is 2.39 bits per heavy atom. The Balaban J connectivity index is 1.70. The van der Waals surface area contributed by atoms with E-state index in [9.17, 15) is 4.79 Å². The van der Waals surface area contributed by atoms with Gasteiger partial charge in [0, 0.05) is 54.8 Å². The molecule has 0 fully saturated rings. The quantitative estimate of drug-likeness (QED) is 0.649. The summed E-state index contributed by atoms with van der Waals surface area (Å²) in [4.78, 5) is 23.3. The molecule has 1 aromatic carbocycles. The minimum atomic E-state index is 0.000454. The van der Waals surface area contributed by atoms with Crippen LogP contribution in [0.2, 0.25) is 0 Å². The normalized spacial score (nSPS) is 11.7. The third kappa shape index (κ3) is 4.36. The van der Waals surface area contributed by atoms with Crippen molar-refractivity contribution in [1.29, 1.82) is 0 Å². The molecule has 5 heteroatoms. The van der Waals surface area contributed by atoms with Gasteiger partial charge in [-0.15, -0.1) is 0 Å². The SMILES string of the molecule is COc1ccc(-c2ccc(C(=O)N(C)[C@H](C)Cc3ncccc3C)cc2)cn1. The van der Waals surface area contributed by atoms with Gasteiger partial charge in [0.1, 0.15) is 0 Å². The summed E-state index contributed by atoms with van der Waals surface area (Å²) in [5.41, 5.74) is 4.82. The number of likely N-dealkylation sites (N-methyl/N-ethyl adjacent to an activating group) is 1. The Morgan fingerprint density at radius 1 is 1.07 bits per heavy atom. The second-order valence-electron chi connectivity index (χ2n) is 6.90. The number of ether oxygens (including phenoxy) is 1. The predicted octanol–water partition coefficient (Wildman–Crippen LogP) is 4.16. The van der Waals surface area contributed by atoms with Gasteiger partial charge in [-0.1, -0.05) is 18.2 Å². The van der Waals surface area contributed by atoms with Gasteiger partial charge >= 0.3 is 0 Å². The third-order valence-corrected chi connectivity index (χ3v) is 5.00. The molecule has 2 aromatic heterocycles. The Bertz CT molecular complexity index is 937. The lowest BCUT2D eigenvalue weighted by atomic mass is 10.0. The van der Waals surface area contributed by atoms with Gasteiger partial charge in [-0.3, -0.25) is 9.78 Å². The fourth-order valence-corrected chi connectivity index (χ4v) is 3.03. The maximum absolute atomic E-state index is 12.9. The maximum Gasteiger partial charge on any atom is 0.253 e.